The summed E-state index contributed by atoms with van der Waals surface area (Å²) in [5.41, 5.74) is 2.66. The first-order valence-corrected chi connectivity index (χ1v) is 16.7. The molecule has 0 aliphatic carbocycles. The van der Waals surface area contributed by atoms with E-state index in [1.807, 2.05) is 47.7 Å². The van der Waals surface area contributed by atoms with Gasteiger partial charge >= 0.3 is 10.1 Å². The van der Waals surface area contributed by atoms with Crippen LogP contribution in [0.4, 0.5) is 4.79 Å². The van der Waals surface area contributed by atoms with Gasteiger partial charge in [0, 0.05) is 5.02 Å². The molecule has 0 aromatic heterocycles. The molecule has 8 nitrogen and oxygen atoms in total. The molecule has 1 aliphatic rings. The van der Waals surface area contributed by atoms with E-state index in [4.69, 9.17) is 25.3 Å². The van der Waals surface area contributed by atoms with Crippen molar-refractivity contribution < 1.29 is 31.7 Å². The van der Waals surface area contributed by atoms with Crippen LogP contribution in [0.5, 0.6) is 17.2 Å². The van der Waals surface area contributed by atoms with Gasteiger partial charge in [0.1, 0.15) is 17.3 Å². The van der Waals surface area contributed by atoms with E-state index in [-0.39, 0.29) is 47.0 Å². The summed E-state index contributed by atoms with van der Waals surface area (Å²) in [5, 5.41) is 0.00304. The zero-order valence-corrected chi connectivity index (χ0v) is 27.9. The molecule has 0 spiro atoms. The van der Waals surface area contributed by atoms with Crippen molar-refractivity contribution in [3.8, 4) is 17.2 Å². The monoisotopic (exact) mass is 741 g/mol. The molecular weight excluding hydrogens is 713 g/mol. The van der Waals surface area contributed by atoms with Crippen LogP contribution < -0.4 is 13.7 Å². The third-order valence-corrected chi connectivity index (χ3v) is 9.36. The molecule has 1 aliphatic heterocycles. The summed E-state index contributed by atoms with van der Waals surface area (Å²) in [7, 11) is -4.17. The molecule has 0 radical (unpaired) electrons. The molecule has 2 amide bonds. The second-order valence-corrected chi connectivity index (χ2v) is 13.8. The molecule has 0 atom stereocenters. The second kappa shape index (κ2) is 13.7. The number of hydrogen-bond acceptors (Lipinski definition) is 8. The number of aryl methyl sites for hydroxylation is 1. The predicted octanol–water partition coefficient (Wildman–Crippen LogP) is 7.66. The number of carbonyl (C=O) groups excluding carboxylic acids is 2. The van der Waals surface area contributed by atoms with Crippen LogP contribution in [-0.2, 0) is 14.9 Å². The Bertz CT molecular complexity index is 1640. The zero-order valence-electron chi connectivity index (χ0n) is 23.3. The summed E-state index contributed by atoms with van der Waals surface area (Å²) in [6, 6.07) is 14.8. The van der Waals surface area contributed by atoms with Gasteiger partial charge in [0.25, 0.3) is 11.1 Å². The Labute approximate surface area is 268 Å². The Morgan fingerprint density at radius 3 is 2.40 bits per heavy atom. The number of carbonyl (C=O) groups is 2. The molecule has 0 saturated carbocycles. The lowest BCUT2D eigenvalue weighted by molar-refractivity contribution is -0.123. The summed E-state index contributed by atoms with van der Waals surface area (Å²) in [6.45, 7) is 8.40. The molecule has 1 saturated heterocycles. The quantitative estimate of drug-likeness (QED) is 0.112. The number of rotatable bonds is 11. The second-order valence-electron chi connectivity index (χ2n) is 9.63. The maximum Gasteiger partial charge on any atom is 0.339 e. The predicted molar refractivity (Wildman–Crippen MR) is 173 cm³/mol. The van der Waals surface area contributed by atoms with Crippen LogP contribution in [0.15, 0.2) is 64.4 Å². The standard InChI is InChI=1S/C30H29ClINO7S2/c1-5-38-26-16-20(15-24(32)28(26)40-42(36,37)22-9-7-21(31)8-10-22)17-27-29(34)33(30(35)41-27)12-13-39-25-14-19(4)6-11-23(25)18(2)3/h6-11,14-18H,5,12-13H2,1-4H3/b27-17-. The fraction of sp³-hybridized carbons (Fsp3) is 0.267. The van der Waals surface area contributed by atoms with Crippen LogP contribution in [-0.4, -0.2) is 44.2 Å². The van der Waals surface area contributed by atoms with Crippen molar-refractivity contribution in [1.82, 2.24) is 4.90 Å². The fourth-order valence-corrected chi connectivity index (χ4v) is 6.94. The minimum absolute atomic E-state index is 0.0201. The minimum Gasteiger partial charge on any atom is -0.491 e. The highest BCUT2D eigenvalue weighted by Crippen LogP contribution is 2.39. The van der Waals surface area contributed by atoms with Gasteiger partial charge in [-0.1, -0.05) is 37.6 Å². The Morgan fingerprint density at radius 2 is 1.74 bits per heavy atom. The van der Waals surface area contributed by atoms with Crippen molar-refractivity contribution >= 4 is 73.3 Å². The highest BCUT2D eigenvalue weighted by Gasteiger charge is 2.35. The lowest BCUT2D eigenvalue weighted by Gasteiger charge is -2.17. The van der Waals surface area contributed by atoms with Gasteiger partial charge in [-0.2, -0.15) is 8.42 Å². The molecule has 1 fully saturated rings. The topological polar surface area (TPSA) is 99.2 Å². The van der Waals surface area contributed by atoms with Crippen molar-refractivity contribution in [3.05, 3.63) is 84.8 Å². The Balaban J connectivity index is 1.52. The first kappa shape index (κ1) is 32.2. The molecule has 1 heterocycles. The highest BCUT2D eigenvalue weighted by atomic mass is 127. The van der Waals surface area contributed by atoms with Gasteiger partial charge in [-0.3, -0.25) is 14.5 Å². The van der Waals surface area contributed by atoms with Crippen molar-refractivity contribution in [2.24, 2.45) is 0 Å². The van der Waals surface area contributed by atoms with Crippen LogP contribution in [0.3, 0.4) is 0 Å². The molecule has 222 valence electrons. The molecule has 4 rings (SSSR count). The first-order valence-electron chi connectivity index (χ1n) is 13.0. The number of amides is 2. The average Bonchev–Trinajstić information content (AvgIpc) is 3.18. The van der Waals surface area contributed by atoms with Gasteiger partial charge in [-0.15, -0.1) is 0 Å². The number of imide groups is 1. The Morgan fingerprint density at radius 1 is 1.02 bits per heavy atom. The summed E-state index contributed by atoms with van der Waals surface area (Å²) < 4.78 is 43.4. The van der Waals surface area contributed by atoms with E-state index in [9.17, 15) is 18.0 Å². The van der Waals surface area contributed by atoms with Gasteiger partial charge in [0.2, 0.25) is 0 Å². The third-order valence-electron chi connectivity index (χ3n) is 6.16. The molecule has 0 N–H and O–H groups in total. The van der Waals surface area contributed by atoms with Crippen LogP contribution in [0.2, 0.25) is 5.02 Å². The Hall–Kier alpha value is -2.74. The van der Waals surface area contributed by atoms with E-state index in [1.54, 1.807) is 25.1 Å². The minimum atomic E-state index is -4.17. The summed E-state index contributed by atoms with van der Waals surface area (Å²) in [6.07, 6.45) is 1.57. The normalized spacial score (nSPS) is 14.6. The van der Waals surface area contributed by atoms with Gasteiger partial charge in [0.05, 0.1) is 21.6 Å². The van der Waals surface area contributed by atoms with Crippen molar-refractivity contribution in [2.75, 3.05) is 19.8 Å². The first-order chi connectivity index (χ1) is 19.9. The van der Waals surface area contributed by atoms with Crippen LogP contribution in [0.1, 0.15) is 43.4 Å². The molecular formula is C30H29ClINO7S2. The lowest BCUT2D eigenvalue weighted by Crippen LogP contribution is -2.32. The van der Waals surface area contributed by atoms with Crippen LogP contribution in [0, 0.1) is 10.5 Å². The maximum absolute atomic E-state index is 13.1. The largest absolute Gasteiger partial charge is 0.491 e. The molecule has 3 aromatic carbocycles. The number of ether oxygens (including phenoxy) is 2. The molecule has 3 aromatic rings. The lowest BCUT2D eigenvalue weighted by atomic mass is 10.0. The summed E-state index contributed by atoms with van der Waals surface area (Å²) in [5.74, 6) is 0.776. The van der Waals surface area contributed by atoms with Crippen LogP contribution in [0.25, 0.3) is 6.08 Å². The SMILES string of the molecule is CCOc1cc(/C=C2\SC(=O)N(CCOc3cc(C)ccc3C(C)C)C2=O)cc(I)c1OS(=O)(=O)c1ccc(Cl)cc1. The van der Waals surface area contributed by atoms with Crippen LogP contribution >= 0.6 is 46.0 Å². The maximum atomic E-state index is 13.1. The fourth-order valence-electron chi connectivity index (χ4n) is 4.11. The van der Waals surface area contributed by atoms with E-state index in [0.29, 0.717) is 14.2 Å². The van der Waals surface area contributed by atoms with Gasteiger partial charge in [0.15, 0.2) is 11.5 Å². The van der Waals surface area contributed by atoms with Crippen molar-refractivity contribution in [1.29, 1.82) is 0 Å². The summed E-state index contributed by atoms with van der Waals surface area (Å²) >= 11 is 8.66. The average molecular weight is 742 g/mol. The van der Waals surface area contributed by atoms with E-state index in [0.717, 1.165) is 33.5 Å². The van der Waals surface area contributed by atoms with Crippen molar-refractivity contribution in [2.45, 2.75) is 38.5 Å². The molecule has 12 heteroatoms. The number of hydrogen-bond donors (Lipinski definition) is 0. The van der Waals surface area contributed by atoms with E-state index in [1.165, 1.54) is 24.3 Å². The van der Waals surface area contributed by atoms with Gasteiger partial charge < -0.3 is 13.7 Å². The van der Waals surface area contributed by atoms with E-state index >= 15 is 0 Å². The smallest absolute Gasteiger partial charge is 0.339 e. The highest BCUT2D eigenvalue weighted by molar-refractivity contribution is 14.1. The Kier molecular flexibility index (Phi) is 10.5. The van der Waals surface area contributed by atoms with Gasteiger partial charge in [-0.25, -0.2) is 0 Å². The molecule has 0 bridgehead atoms. The van der Waals surface area contributed by atoms with Gasteiger partial charge in [-0.05, 0) is 119 Å². The number of thioether (sulfide) groups is 1. The molecule has 0 unspecified atom stereocenters. The van der Waals surface area contributed by atoms with E-state index in [2.05, 4.69) is 13.8 Å². The zero-order chi connectivity index (χ0) is 30.6. The third kappa shape index (κ3) is 7.61. The van der Waals surface area contributed by atoms with E-state index < -0.39 is 21.3 Å². The van der Waals surface area contributed by atoms with Crippen molar-refractivity contribution in [3.63, 3.8) is 0 Å². The number of nitrogens with zero attached hydrogens (tertiary/aromatic N) is 1. The molecule has 42 heavy (non-hydrogen) atoms. The number of halogens is 2. The number of benzene rings is 3. The summed E-state index contributed by atoms with van der Waals surface area (Å²) in [4.78, 5) is 27.2.